The summed E-state index contributed by atoms with van der Waals surface area (Å²) in [6.07, 6.45) is 1.93. The molecular weight excluding hydrogens is 294 g/mol. The molecule has 0 bridgehead atoms. The molecule has 0 saturated carbocycles. The van der Waals surface area contributed by atoms with Gasteiger partial charge in [-0.1, -0.05) is 61.5 Å². The second-order valence-electron chi connectivity index (χ2n) is 5.45. The van der Waals surface area contributed by atoms with Crippen molar-refractivity contribution < 1.29 is 4.79 Å². The number of nitrogens with one attached hydrogen (secondary N) is 1. The zero-order valence-corrected chi connectivity index (χ0v) is 14.0. The van der Waals surface area contributed by atoms with E-state index in [4.69, 9.17) is 0 Å². The Kier molecular flexibility index (Phi) is 7.86. The first-order valence-corrected chi connectivity index (χ1v) is 7.58. The number of halogens is 1. The molecule has 22 heavy (non-hydrogen) atoms. The molecule has 1 N–H and O–H groups in total. The van der Waals surface area contributed by atoms with Crippen molar-refractivity contribution in [3.8, 4) is 0 Å². The third-order valence-electron chi connectivity index (χ3n) is 3.68. The van der Waals surface area contributed by atoms with Crippen LogP contribution in [0.5, 0.6) is 0 Å². The minimum absolute atomic E-state index is 0. The van der Waals surface area contributed by atoms with Crippen molar-refractivity contribution in [3.63, 3.8) is 0 Å². The Hall–Kier alpha value is -1.64. The Bertz CT molecular complexity index is 566. The quantitative estimate of drug-likeness (QED) is 0.780. The highest BCUT2D eigenvalue weighted by Gasteiger charge is 2.08. The van der Waals surface area contributed by atoms with Gasteiger partial charge in [0.05, 0.1) is 6.54 Å². The second-order valence-corrected chi connectivity index (χ2v) is 5.45. The maximum absolute atomic E-state index is 12.1. The molecule has 0 amide bonds. The summed E-state index contributed by atoms with van der Waals surface area (Å²) in [6, 6.07) is 18.5. The van der Waals surface area contributed by atoms with Crippen LogP contribution in [-0.4, -0.2) is 18.4 Å². The molecule has 1 atom stereocenters. The molecule has 2 aromatic carbocycles. The number of hydrogen-bond acceptors (Lipinski definition) is 2. The molecule has 118 valence electrons. The lowest BCUT2D eigenvalue weighted by atomic mass is 10.1. The topological polar surface area (TPSA) is 29.1 Å². The van der Waals surface area contributed by atoms with Crippen LogP contribution < -0.4 is 5.32 Å². The largest absolute Gasteiger partial charge is 0.307 e. The highest BCUT2D eigenvalue weighted by molar-refractivity contribution is 5.97. The van der Waals surface area contributed by atoms with Gasteiger partial charge in [-0.25, -0.2) is 0 Å². The minimum atomic E-state index is 0. The molecule has 0 aliphatic carbocycles. The standard InChI is InChI=1S/C19H23NO.ClH/c1-3-16-9-11-18(12-10-16)19(21)14-20-15(2)13-17-7-5-4-6-8-17;/h4-12,15,20H,3,13-14H2,1-2H3;1H. The number of aryl methyl sites for hydroxylation is 1. The van der Waals surface area contributed by atoms with E-state index in [9.17, 15) is 4.79 Å². The van der Waals surface area contributed by atoms with E-state index in [0.717, 1.165) is 18.4 Å². The number of ketones is 1. The summed E-state index contributed by atoms with van der Waals surface area (Å²) in [4.78, 5) is 12.1. The van der Waals surface area contributed by atoms with Crippen LogP contribution in [0.3, 0.4) is 0 Å². The van der Waals surface area contributed by atoms with Crippen molar-refractivity contribution in [1.82, 2.24) is 5.32 Å². The number of benzene rings is 2. The van der Waals surface area contributed by atoms with Crippen LogP contribution in [0, 0.1) is 0 Å². The summed E-state index contributed by atoms with van der Waals surface area (Å²) in [5, 5.41) is 3.31. The number of Topliss-reactive ketones (excluding diaryl/α,β-unsaturated/α-hetero) is 1. The first kappa shape index (κ1) is 18.4. The SMILES string of the molecule is CCc1ccc(C(=O)CNC(C)Cc2ccccc2)cc1.Cl. The Morgan fingerprint density at radius 3 is 2.23 bits per heavy atom. The van der Waals surface area contributed by atoms with Crippen molar-refractivity contribution in [2.45, 2.75) is 32.7 Å². The number of carbonyl (C=O) groups excluding carboxylic acids is 1. The smallest absolute Gasteiger partial charge is 0.176 e. The first-order chi connectivity index (χ1) is 10.2. The minimum Gasteiger partial charge on any atom is -0.307 e. The van der Waals surface area contributed by atoms with E-state index in [1.54, 1.807) is 0 Å². The molecule has 0 aliphatic rings. The van der Waals surface area contributed by atoms with Gasteiger partial charge in [-0.05, 0) is 30.9 Å². The van der Waals surface area contributed by atoms with E-state index in [1.165, 1.54) is 11.1 Å². The van der Waals surface area contributed by atoms with E-state index in [0.29, 0.717) is 6.54 Å². The summed E-state index contributed by atoms with van der Waals surface area (Å²) < 4.78 is 0. The summed E-state index contributed by atoms with van der Waals surface area (Å²) in [5.41, 5.74) is 3.33. The summed E-state index contributed by atoms with van der Waals surface area (Å²) >= 11 is 0. The van der Waals surface area contributed by atoms with Crippen LogP contribution in [-0.2, 0) is 12.8 Å². The number of carbonyl (C=O) groups is 1. The van der Waals surface area contributed by atoms with E-state index in [2.05, 4.69) is 31.3 Å². The summed E-state index contributed by atoms with van der Waals surface area (Å²) in [7, 11) is 0. The molecule has 2 aromatic rings. The van der Waals surface area contributed by atoms with Gasteiger partial charge < -0.3 is 5.32 Å². The van der Waals surface area contributed by atoms with Gasteiger partial charge >= 0.3 is 0 Å². The molecular formula is C19H24ClNO. The highest BCUT2D eigenvalue weighted by Crippen LogP contribution is 2.06. The van der Waals surface area contributed by atoms with Crippen molar-refractivity contribution in [2.75, 3.05) is 6.54 Å². The molecule has 0 heterocycles. The molecule has 0 aliphatic heterocycles. The van der Waals surface area contributed by atoms with Crippen LogP contribution in [0.15, 0.2) is 54.6 Å². The molecule has 0 aromatic heterocycles. The van der Waals surface area contributed by atoms with E-state index >= 15 is 0 Å². The molecule has 0 fully saturated rings. The van der Waals surface area contributed by atoms with Gasteiger partial charge in [-0.3, -0.25) is 4.79 Å². The lowest BCUT2D eigenvalue weighted by Gasteiger charge is -2.13. The fraction of sp³-hybridized carbons (Fsp3) is 0.316. The summed E-state index contributed by atoms with van der Waals surface area (Å²) in [5.74, 6) is 0.151. The number of rotatable bonds is 7. The van der Waals surface area contributed by atoms with Gasteiger partial charge in [-0.2, -0.15) is 0 Å². The molecule has 0 saturated heterocycles. The van der Waals surface area contributed by atoms with E-state index in [1.807, 2.05) is 42.5 Å². The second kappa shape index (κ2) is 9.39. The Morgan fingerprint density at radius 1 is 1.00 bits per heavy atom. The maximum Gasteiger partial charge on any atom is 0.176 e. The van der Waals surface area contributed by atoms with Crippen molar-refractivity contribution in [2.24, 2.45) is 0 Å². The van der Waals surface area contributed by atoms with Gasteiger partial charge in [0.25, 0.3) is 0 Å². The third-order valence-corrected chi connectivity index (χ3v) is 3.68. The molecule has 2 nitrogen and oxygen atoms in total. The molecule has 0 spiro atoms. The van der Waals surface area contributed by atoms with Gasteiger partial charge in [0.1, 0.15) is 0 Å². The van der Waals surface area contributed by atoms with Gasteiger partial charge in [0.2, 0.25) is 0 Å². The fourth-order valence-electron chi connectivity index (χ4n) is 2.34. The Balaban J connectivity index is 0.00000242. The van der Waals surface area contributed by atoms with Gasteiger partial charge in [0, 0.05) is 11.6 Å². The van der Waals surface area contributed by atoms with Crippen LogP contribution in [0.4, 0.5) is 0 Å². The first-order valence-electron chi connectivity index (χ1n) is 7.58. The highest BCUT2D eigenvalue weighted by atomic mass is 35.5. The van der Waals surface area contributed by atoms with Crippen molar-refractivity contribution in [3.05, 3.63) is 71.3 Å². The van der Waals surface area contributed by atoms with Crippen LogP contribution >= 0.6 is 12.4 Å². The molecule has 0 radical (unpaired) electrons. The third kappa shape index (κ3) is 5.63. The maximum atomic E-state index is 12.1. The normalized spacial score (nSPS) is 11.5. The van der Waals surface area contributed by atoms with Crippen LogP contribution in [0.1, 0.15) is 35.3 Å². The monoisotopic (exact) mass is 317 g/mol. The molecule has 2 rings (SSSR count). The van der Waals surface area contributed by atoms with Gasteiger partial charge in [-0.15, -0.1) is 12.4 Å². The van der Waals surface area contributed by atoms with Gasteiger partial charge in [0.15, 0.2) is 5.78 Å². The van der Waals surface area contributed by atoms with Crippen LogP contribution in [0.2, 0.25) is 0 Å². The zero-order valence-electron chi connectivity index (χ0n) is 13.2. The molecule has 1 unspecified atom stereocenters. The van der Waals surface area contributed by atoms with E-state index < -0.39 is 0 Å². The molecule has 3 heteroatoms. The van der Waals surface area contributed by atoms with E-state index in [-0.39, 0.29) is 24.2 Å². The zero-order chi connectivity index (χ0) is 15.1. The Morgan fingerprint density at radius 2 is 1.64 bits per heavy atom. The van der Waals surface area contributed by atoms with Crippen molar-refractivity contribution in [1.29, 1.82) is 0 Å². The lowest BCUT2D eigenvalue weighted by molar-refractivity contribution is 0.0988. The number of hydrogen-bond donors (Lipinski definition) is 1. The average Bonchev–Trinajstić information content (AvgIpc) is 2.53. The average molecular weight is 318 g/mol. The predicted molar refractivity (Wildman–Crippen MR) is 95.0 cm³/mol. The Labute approximate surface area is 139 Å². The van der Waals surface area contributed by atoms with Crippen LogP contribution in [0.25, 0.3) is 0 Å². The summed E-state index contributed by atoms with van der Waals surface area (Å²) in [6.45, 7) is 4.61. The lowest BCUT2D eigenvalue weighted by Crippen LogP contribution is -2.33. The fourth-order valence-corrected chi connectivity index (χ4v) is 2.34. The van der Waals surface area contributed by atoms with Crippen molar-refractivity contribution >= 4 is 18.2 Å². The predicted octanol–water partition coefficient (Wildman–Crippen LogP) is 4.07.